The van der Waals surface area contributed by atoms with E-state index in [2.05, 4.69) is 21.2 Å². The number of aliphatic carboxylic acids is 1. The standard InChI is InChI=1S/C24H18BrNO7/c25-17-12-7-13-18(14-17)26-21(27)19(32-23(30)15-8-3-1-4-9-15)20(22(28)29)33-24(31)16-10-5-2-6-11-16/h1-14,19-20H,(H,26,27)(H,28,29)/t19-,20-/m1/s1. The van der Waals surface area contributed by atoms with Crippen LogP contribution in [0.1, 0.15) is 20.7 Å². The van der Waals surface area contributed by atoms with Crippen molar-refractivity contribution in [1.29, 1.82) is 0 Å². The first-order valence-corrected chi connectivity index (χ1v) is 10.5. The molecule has 2 atom stereocenters. The van der Waals surface area contributed by atoms with E-state index in [0.29, 0.717) is 10.2 Å². The lowest BCUT2D eigenvalue weighted by Crippen LogP contribution is -2.48. The molecule has 2 N–H and O–H groups in total. The number of rotatable bonds is 8. The Labute approximate surface area is 197 Å². The minimum atomic E-state index is -2.10. The summed E-state index contributed by atoms with van der Waals surface area (Å²) in [4.78, 5) is 50.1. The fourth-order valence-electron chi connectivity index (χ4n) is 2.79. The zero-order valence-corrected chi connectivity index (χ0v) is 18.6. The molecule has 1 amide bonds. The lowest BCUT2D eigenvalue weighted by molar-refractivity contribution is -0.157. The van der Waals surface area contributed by atoms with Crippen LogP contribution in [0.3, 0.4) is 0 Å². The Balaban J connectivity index is 1.90. The third-order valence-electron chi connectivity index (χ3n) is 4.36. The number of esters is 2. The lowest BCUT2D eigenvalue weighted by atomic mass is 10.1. The van der Waals surface area contributed by atoms with Crippen molar-refractivity contribution in [3.8, 4) is 0 Å². The van der Waals surface area contributed by atoms with E-state index in [-0.39, 0.29) is 11.1 Å². The third kappa shape index (κ3) is 6.50. The predicted octanol–water partition coefficient (Wildman–Crippen LogP) is 3.92. The first kappa shape index (κ1) is 23.7. The molecule has 3 rings (SSSR count). The number of halogens is 1. The van der Waals surface area contributed by atoms with Crippen LogP contribution in [-0.4, -0.2) is 41.1 Å². The SMILES string of the molecule is O=C(O[C@@H](C(=O)O)[C@@H](OC(=O)c1ccccc1)C(=O)Nc1cccc(Br)c1)c1ccccc1. The molecule has 3 aromatic rings. The molecule has 0 bridgehead atoms. The highest BCUT2D eigenvalue weighted by molar-refractivity contribution is 9.10. The molecule has 0 unspecified atom stereocenters. The van der Waals surface area contributed by atoms with Gasteiger partial charge in [-0.3, -0.25) is 4.79 Å². The van der Waals surface area contributed by atoms with E-state index < -0.39 is 36.0 Å². The number of hydrogen-bond donors (Lipinski definition) is 2. The summed E-state index contributed by atoms with van der Waals surface area (Å²) in [6.07, 6.45) is -4.07. The van der Waals surface area contributed by atoms with Gasteiger partial charge >= 0.3 is 17.9 Å². The summed E-state index contributed by atoms with van der Waals surface area (Å²) in [5.41, 5.74) is 0.481. The Morgan fingerprint density at radius 2 is 1.24 bits per heavy atom. The molecule has 3 aromatic carbocycles. The van der Waals surface area contributed by atoms with Crippen LogP contribution in [0.4, 0.5) is 5.69 Å². The zero-order chi connectivity index (χ0) is 23.8. The second-order valence-electron chi connectivity index (χ2n) is 6.72. The molecule has 0 aliphatic heterocycles. The monoisotopic (exact) mass is 511 g/mol. The van der Waals surface area contributed by atoms with Crippen LogP contribution in [0.2, 0.25) is 0 Å². The highest BCUT2D eigenvalue weighted by atomic mass is 79.9. The Hall–Kier alpha value is -3.98. The smallest absolute Gasteiger partial charge is 0.349 e. The lowest BCUT2D eigenvalue weighted by Gasteiger charge is -2.23. The quantitative estimate of drug-likeness (QED) is 0.439. The number of amides is 1. The molecule has 0 fully saturated rings. The van der Waals surface area contributed by atoms with Crippen molar-refractivity contribution < 1.29 is 33.8 Å². The van der Waals surface area contributed by atoms with Crippen LogP contribution in [0, 0.1) is 0 Å². The number of carboxylic acid groups (broad SMARTS) is 1. The Morgan fingerprint density at radius 3 is 1.73 bits per heavy atom. The van der Waals surface area contributed by atoms with E-state index in [1.54, 1.807) is 60.7 Å². The summed E-state index contributed by atoms with van der Waals surface area (Å²) in [7, 11) is 0. The highest BCUT2D eigenvalue weighted by Crippen LogP contribution is 2.19. The average molecular weight is 512 g/mol. The zero-order valence-electron chi connectivity index (χ0n) is 17.0. The number of ether oxygens (including phenoxy) is 2. The second kappa shape index (κ2) is 11.1. The summed E-state index contributed by atoms with van der Waals surface area (Å²) >= 11 is 3.27. The predicted molar refractivity (Wildman–Crippen MR) is 122 cm³/mol. The van der Waals surface area contributed by atoms with Crippen molar-refractivity contribution in [3.63, 3.8) is 0 Å². The van der Waals surface area contributed by atoms with Gasteiger partial charge in [0.1, 0.15) is 0 Å². The number of hydrogen-bond acceptors (Lipinski definition) is 6. The van der Waals surface area contributed by atoms with Gasteiger partial charge < -0.3 is 19.9 Å². The van der Waals surface area contributed by atoms with Gasteiger partial charge in [0.15, 0.2) is 0 Å². The third-order valence-corrected chi connectivity index (χ3v) is 4.85. The summed E-state index contributed by atoms with van der Waals surface area (Å²) < 4.78 is 11.0. The maximum atomic E-state index is 13.0. The summed E-state index contributed by atoms with van der Waals surface area (Å²) in [5, 5.41) is 12.2. The molecular weight excluding hydrogens is 494 g/mol. The molecule has 0 spiro atoms. The molecule has 0 aliphatic carbocycles. The number of carboxylic acids is 1. The van der Waals surface area contributed by atoms with E-state index in [0.717, 1.165) is 0 Å². The van der Waals surface area contributed by atoms with E-state index in [1.165, 1.54) is 24.3 Å². The van der Waals surface area contributed by atoms with Crippen molar-refractivity contribution in [1.82, 2.24) is 0 Å². The van der Waals surface area contributed by atoms with Gasteiger partial charge in [-0.2, -0.15) is 0 Å². The Bertz CT molecular complexity index is 1150. The number of carbonyl (C=O) groups is 4. The maximum Gasteiger partial charge on any atom is 0.349 e. The summed E-state index contributed by atoms with van der Waals surface area (Å²) in [5.74, 6) is -4.58. The first-order valence-electron chi connectivity index (χ1n) is 9.66. The number of anilines is 1. The topological polar surface area (TPSA) is 119 Å². The second-order valence-corrected chi connectivity index (χ2v) is 7.64. The molecule has 8 nitrogen and oxygen atoms in total. The van der Waals surface area contributed by atoms with E-state index in [4.69, 9.17) is 9.47 Å². The van der Waals surface area contributed by atoms with Gasteiger partial charge in [0, 0.05) is 10.2 Å². The van der Waals surface area contributed by atoms with Gasteiger partial charge in [-0.15, -0.1) is 0 Å². The minimum Gasteiger partial charge on any atom is -0.478 e. The fraction of sp³-hybridized carbons (Fsp3) is 0.0833. The fourth-order valence-corrected chi connectivity index (χ4v) is 3.19. The Morgan fingerprint density at radius 1 is 0.727 bits per heavy atom. The van der Waals surface area contributed by atoms with Gasteiger partial charge in [-0.1, -0.05) is 58.4 Å². The number of nitrogens with one attached hydrogen (secondary N) is 1. The molecule has 0 aromatic heterocycles. The molecular formula is C24H18BrNO7. The van der Waals surface area contributed by atoms with Crippen molar-refractivity contribution in [3.05, 3.63) is 101 Å². The van der Waals surface area contributed by atoms with Crippen LogP contribution >= 0.6 is 15.9 Å². The largest absolute Gasteiger partial charge is 0.478 e. The number of benzene rings is 3. The van der Waals surface area contributed by atoms with Crippen LogP contribution in [0.15, 0.2) is 89.4 Å². The van der Waals surface area contributed by atoms with Crippen molar-refractivity contribution in [2.75, 3.05) is 5.32 Å². The minimum absolute atomic E-state index is 0.0734. The summed E-state index contributed by atoms with van der Waals surface area (Å²) in [6.45, 7) is 0. The molecule has 33 heavy (non-hydrogen) atoms. The normalized spacial score (nSPS) is 12.2. The van der Waals surface area contributed by atoms with Crippen molar-refractivity contribution >= 4 is 45.4 Å². The first-order chi connectivity index (χ1) is 15.8. The molecule has 0 saturated heterocycles. The number of carbonyl (C=O) groups excluding carboxylic acids is 3. The van der Waals surface area contributed by atoms with Crippen LogP contribution in [0.5, 0.6) is 0 Å². The Kier molecular flexibility index (Phi) is 7.93. The molecule has 0 radical (unpaired) electrons. The summed E-state index contributed by atoms with van der Waals surface area (Å²) in [6, 6.07) is 21.9. The van der Waals surface area contributed by atoms with E-state index >= 15 is 0 Å². The van der Waals surface area contributed by atoms with Gasteiger partial charge in [-0.25, -0.2) is 14.4 Å². The van der Waals surface area contributed by atoms with E-state index in [1.807, 2.05) is 0 Å². The van der Waals surface area contributed by atoms with Gasteiger partial charge in [0.05, 0.1) is 11.1 Å². The van der Waals surface area contributed by atoms with E-state index in [9.17, 15) is 24.3 Å². The van der Waals surface area contributed by atoms with Crippen molar-refractivity contribution in [2.24, 2.45) is 0 Å². The van der Waals surface area contributed by atoms with Crippen LogP contribution < -0.4 is 5.32 Å². The molecule has 9 heteroatoms. The van der Waals surface area contributed by atoms with Gasteiger partial charge in [0.25, 0.3) is 5.91 Å². The highest BCUT2D eigenvalue weighted by Gasteiger charge is 2.41. The van der Waals surface area contributed by atoms with Gasteiger partial charge in [-0.05, 0) is 42.5 Å². The van der Waals surface area contributed by atoms with Crippen molar-refractivity contribution in [2.45, 2.75) is 12.2 Å². The van der Waals surface area contributed by atoms with Gasteiger partial charge in [0.2, 0.25) is 12.2 Å². The molecule has 0 aliphatic rings. The molecule has 168 valence electrons. The molecule has 0 saturated carbocycles. The maximum absolute atomic E-state index is 13.0. The molecule has 0 heterocycles. The van der Waals surface area contributed by atoms with Crippen LogP contribution in [0.25, 0.3) is 0 Å². The average Bonchev–Trinajstić information content (AvgIpc) is 2.82. The van der Waals surface area contributed by atoms with Crippen LogP contribution in [-0.2, 0) is 19.1 Å².